The SMILES string of the molecule is O=C(Cc1ncccc1F)NC1(Cc2ccc(Cl)cc2)CCOC1. The first kappa shape index (κ1) is 16.9. The summed E-state index contributed by atoms with van der Waals surface area (Å²) in [5.41, 5.74) is 0.737. The van der Waals surface area contributed by atoms with Crippen LogP contribution in [0.3, 0.4) is 0 Å². The molecule has 3 rings (SSSR count). The zero-order valence-electron chi connectivity index (χ0n) is 13.1. The first-order valence-corrected chi connectivity index (χ1v) is 8.17. The van der Waals surface area contributed by atoms with Crippen molar-refractivity contribution in [2.75, 3.05) is 13.2 Å². The second-order valence-corrected chi connectivity index (χ2v) is 6.48. The van der Waals surface area contributed by atoms with E-state index in [0.717, 1.165) is 5.56 Å². The van der Waals surface area contributed by atoms with Crippen molar-refractivity contribution >= 4 is 17.5 Å². The van der Waals surface area contributed by atoms with E-state index in [0.29, 0.717) is 31.1 Å². The summed E-state index contributed by atoms with van der Waals surface area (Å²) in [5.74, 6) is -0.728. The molecule has 0 bridgehead atoms. The number of carbonyl (C=O) groups is 1. The highest BCUT2D eigenvalue weighted by Gasteiger charge is 2.36. The Labute approximate surface area is 145 Å². The predicted molar refractivity (Wildman–Crippen MR) is 89.4 cm³/mol. The lowest BCUT2D eigenvalue weighted by Crippen LogP contribution is -2.51. The van der Waals surface area contributed by atoms with E-state index in [1.807, 2.05) is 24.3 Å². The van der Waals surface area contributed by atoms with Gasteiger partial charge in [0.05, 0.1) is 24.3 Å². The van der Waals surface area contributed by atoms with Crippen LogP contribution >= 0.6 is 11.6 Å². The van der Waals surface area contributed by atoms with E-state index in [1.54, 1.807) is 0 Å². The summed E-state index contributed by atoms with van der Waals surface area (Å²) in [5, 5.41) is 3.70. The summed E-state index contributed by atoms with van der Waals surface area (Å²) >= 11 is 5.92. The van der Waals surface area contributed by atoms with Crippen molar-refractivity contribution in [2.45, 2.75) is 24.8 Å². The first-order chi connectivity index (χ1) is 11.6. The standard InChI is InChI=1S/C18H18ClFN2O2/c19-14-5-3-13(4-6-14)11-18(7-9-24-12-18)22-17(23)10-16-15(20)2-1-8-21-16/h1-6,8H,7,9-12H2,(H,22,23). The Bertz CT molecular complexity index is 715. The highest BCUT2D eigenvalue weighted by Crippen LogP contribution is 2.25. The van der Waals surface area contributed by atoms with Crippen LogP contribution in [0, 0.1) is 5.82 Å². The van der Waals surface area contributed by atoms with Crippen LogP contribution in [0.1, 0.15) is 17.7 Å². The summed E-state index contributed by atoms with van der Waals surface area (Å²) in [6.45, 7) is 1.03. The summed E-state index contributed by atoms with van der Waals surface area (Å²) in [7, 11) is 0. The van der Waals surface area contributed by atoms with Crippen molar-refractivity contribution in [2.24, 2.45) is 0 Å². The molecule has 1 amide bonds. The van der Waals surface area contributed by atoms with Crippen LogP contribution in [0.5, 0.6) is 0 Å². The molecule has 2 heterocycles. The molecule has 4 nitrogen and oxygen atoms in total. The second kappa shape index (κ2) is 7.28. The van der Waals surface area contributed by atoms with Gasteiger partial charge in [-0.05, 0) is 42.7 Å². The van der Waals surface area contributed by atoms with Crippen LogP contribution in [-0.4, -0.2) is 29.6 Å². The van der Waals surface area contributed by atoms with Gasteiger partial charge in [0.2, 0.25) is 5.91 Å². The van der Waals surface area contributed by atoms with Crippen LogP contribution in [0.15, 0.2) is 42.6 Å². The summed E-state index contributed by atoms with van der Waals surface area (Å²) < 4.78 is 19.2. The van der Waals surface area contributed by atoms with E-state index in [2.05, 4.69) is 10.3 Å². The fourth-order valence-electron chi connectivity index (χ4n) is 2.92. The molecule has 0 radical (unpaired) electrons. The molecule has 0 saturated carbocycles. The number of hydrogen-bond donors (Lipinski definition) is 1. The second-order valence-electron chi connectivity index (χ2n) is 6.04. The lowest BCUT2D eigenvalue weighted by molar-refractivity contribution is -0.122. The largest absolute Gasteiger partial charge is 0.379 e. The number of aromatic nitrogens is 1. The minimum atomic E-state index is -0.476. The van der Waals surface area contributed by atoms with E-state index in [1.165, 1.54) is 18.3 Å². The fraction of sp³-hybridized carbons (Fsp3) is 0.333. The Morgan fingerprint density at radius 1 is 1.33 bits per heavy atom. The number of benzene rings is 1. The molecule has 126 valence electrons. The molecule has 1 aliphatic heterocycles. The molecule has 1 aromatic carbocycles. The van der Waals surface area contributed by atoms with Gasteiger partial charge in [0.25, 0.3) is 0 Å². The number of hydrogen-bond acceptors (Lipinski definition) is 3. The lowest BCUT2D eigenvalue weighted by atomic mass is 9.89. The third-order valence-corrected chi connectivity index (χ3v) is 4.38. The number of pyridine rings is 1. The van der Waals surface area contributed by atoms with Crippen molar-refractivity contribution in [3.63, 3.8) is 0 Å². The molecule has 1 N–H and O–H groups in total. The normalized spacial score (nSPS) is 20.1. The van der Waals surface area contributed by atoms with E-state index in [4.69, 9.17) is 16.3 Å². The molecule has 6 heteroatoms. The molecular weight excluding hydrogens is 331 g/mol. The number of carbonyl (C=O) groups excluding carboxylic acids is 1. The van der Waals surface area contributed by atoms with Gasteiger partial charge in [-0.1, -0.05) is 23.7 Å². The molecule has 0 aliphatic carbocycles. The van der Waals surface area contributed by atoms with Gasteiger partial charge in [0.15, 0.2) is 0 Å². The number of halogens is 2. The molecule has 1 saturated heterocycles. The maximum absolute atomic E-state index is 13.7. The third-order valence-electron chi connectivity index (χ3n) is 4.13. The van der Waals surface area contributed by atoms with Crippen LogP contribution < -0.4 is 5.32 Å². The monoisotopic (exact) mass is 348 g/mol. The van der Waals surface area contributed by atoms with Crippen LogP contribution in [0.4, 0.5) is 4.39 Å². The lowest BCUT2D eigenvalue weighted by Gasteiger charge is -2.29. The zero-order valence-corrected chi connectivity index (χ0v) is 13.9. The molecule has 1 fully saturated rings. The summed E-state index contributed by atoms with van der Waals surface area (Å²) in [6, 6.07) is 10.3. The van der Waals surface area contributed by atoms with Gasteiger partial charge in [-0.25, -0.2) is 4.39 Å². The van der Waals surface area contributed by atoms with Gasteiger partial charge in [-0.3, -0.25) is 9.78 Å². The van der Waals surface area contributed by atoms with Crippen molar-refractivity contribution in [1.82, 2.24) is 10.3 Å². The van der Waals surface area contributed by atoms with Gasteiger partial charge in [0, 0.05) is 17.8 Å². The molecule has 1 unspecified atom stereocenters. The molecular formula is C18H18ClFN2O2. The molecule has 24 heavy (non-hydrogen) atoms. The Morgan fingerprint density at radius 3 is 2.79 bits per heavy atom. The highest BCUT2D eigenvalue weighted by atomic mass is 35.5. The van der Waals surface area contributed by atoms with Crippen LogP contribution in [0.2, 0.25) is 5.02 Å². The maximum Gasteiger partial charge on any atom is 0.226 e. The van der Waals surface area contributed by atoms with Crippen molar-refractivity contribution in [3.8, 4) is 0 Å². The third kappa shape index (κ3) is 4.10. The number of rotatable bonds is 5. The molecule has 1 aliphatic rings. The smallest absolute Gasteiger partial charge is 0.226 e. The quantitative estimate of drug-likeness (QED) is 0.903. The average molecular weight is 349 g/mol. The summed E-state index contributed by atoms with van der Waals surface area (Å²) in [6.07, 6.45) is 2.75. The molecule has 1 atom stereocenters. The van der Waals surface area contributed by atoms with E-state index in [-0.39, 0.29) is 18.0 Å². The van der Waals surface area contributed by atoms with E-state index >= 15 is 0 Å². The zero-order chi connectivity index (χ0) is 17.0. The minimum Gasteiger partial charge on any atom is -0.379 e. The molecule has 2 aromatic rings. The number of nitrogens with zero attached hydrogens (tertiary/aromatic N) is 1. The number of nitrogens with one attached hydrogen (secondary N) is 1. The Morgan fingerprint density at radius 2 is 2.12 bits per heavy atom. The Balaban J connectivity index is 1.70. The van der Waals surface area contributed by atoms with Crippen molar-refractivity contribution in [3.05, 3.63) is 64.7 Å². The predicted octanol–water partition coefficient (Wildman–Crippen LogP) is 2.93. The number of amides is 1. The van der Waals surface area contributed by atoms with Gasteiger partial charge in [-0.15, -0.1) is 0 Å². The fourth-order valence-corrected chi connectivity index (χ4v) is 3.05. The van der Waals surface area contributed by atoms with Crippen molar-refractivity contribution in [1.29, 1.82) is 0 Å². The number of ether oxygens (including phenoxy) is 1. The molecule has 1 aromatic heterocycles. The topological polar surface area (TPSA) is 51.2 Å². The van der Waals surface area contributed by atoms with Crippen molar-refractivity contribution < 1.29 is 13.9 Å². The highest BCUT2D eigenvalue weighted by molar-refractivity contribution is 6.30. The Kier molecular flexibility index (Phi) is 5.11. The van der Waals surface area contributed by atoms with Gasteiger partial charge >= 0.3 is 0 Å². The van der Waals surface area contributed by atoms with E-state index in [9.17, 15) is 9.18 Å². The first-order valence-electron chi connectivity index (χ1n) is 7.79. The summed E-state index contributed by atoms with van der Waals surface area (Å²) in [4.78, 5) is 16.3. The average Bonchev–Trinajstić information content (AvgIpc) is 3.00. The van der Waals surface area contributed by atoms with Gasteiger partial charge < -0.3 is 10.1 Å². The van der Waals surface area contributed by atoms with Gasteiger partial charge in [-0.2, -0.15) is 0 Å². The van der Waals surface area contributed by atoms with Crippen LogP contribution in [0.25, 0.3) is 0 Å². The Hall–Kier alpha value is -1.98. The maximum atomic E-state index is 13.7. The van der Waals surface area contributed by atoms with E-state index < -0.39 is 11.4 Å². The minimum absolute atomic E-state index is 0.0883. The van der Waals surface area contributed by atoms with Gasteiger partial charge in [0.1, 0.15) is 5.82 Å². The van der Waals surface area contributed by atoms with Crippen LogP contribution in [-0.2, 0) is 22.4 Å². The molecule has 0 spiro atoms.